The number of amides is 1. The van der Waals surface area contributed by atoms with E-state index < -0.39 is 15.7 Å². The van der Waals surface area contributed by atoms with Gasteiger partial charge in [0.05, 0.1) is 12.0 Å². The molecular formula is C16H16N4O4S2. The fourth-order valence-electron chi connectivity index (χ4n) is 2.60. The minimum absolute atomic E-state index is 0.0583. The quantitative estimate of drug-likeness (QED) is 0.591. The number of sulfone groups is 1. The Morgan fingerprint density at radius 3 is 2.96 bits per heavy atom. The number of furan rings is 1. The largest absolute Gasteiger partial charge is 0.468 e. The molecule has 3 heterocycles. The number of aromatic amines is 1. The molecule has 136 valence electrons. The van der Waals surface area contributed by atoms with E-state index in [2.05, 4.69) is 15.5 Å². The van der Waals surface area contributed by atoms with Crippen molar-refractivity contribution in [3.63, 3.8) is 0 Å². The van der Waals surface area contributed by atoms with Gasteiger partial charge in [-0.15, -0.1) is 11.3 Å². The van der Waals surface area contributed by atoms with Crippen LogP contribution in [0.4, 0.5) is 11.5 Å². The summed E-state index contributed by atoms with van der Waals surface area (Å²) in [5.41, 5.74) is 6.88. The van der Waals surface area contributed by atoms with Crippen molar-refractivity contribution in [1.82, 2.24) is 10.2 Å². The normalized spacial score (nSPS) is 14.5. The molecule has 0 atom stereocenters. The Labute approximate surface area is 153 Å². The molecule has 1 saturated carbocycles. The van der Waals surface area contributed by atoms with E-state index in [0.717, 1.165) is 29.9 Å². The summed E-state index contributed by atoms with van der Waals surface area (Å²) in [6.45, 7) is 0. The van der Waals surface area contributed by atoms with E-state index in [1.54, 1.807) is 18.2 Å². The summed E-state index contributed by atoms with van der Waals surface area (Å²) < 4.78 is 30.1. The number of carbonyl (C=O) groups excluding carboxylic acids is 1. The average Bonchev–Trinajstić information content (AvgIpc) is 2.97. The van der Waals surface area contributed by atoms with Crippen molar-refractivity contribution < 1.29 is 17.6 Å². The van der Waals surface area contributed by atoms with Crippen molar-refractivity contribution in [2.24, 2.45) is 0 Å². The Bertz CT molecular complexity index is 1050. The minimum atomic E-state index is -3.71. The van der Waals surface area contributed by atoms with Gasteiger partial charge in [0.25, 0.3) is 5.91 Å². The van der Waals surface area contributed by atoms with Crippen molar-refractivity contribution in [3.8, 4) is 0 Å². The average molecular weight is 392 g/mol. The van der Waals surface area contributed by atoms with Crippen LogP contribution in [0, 0.1) is 0 Å². The third-order valence-electron chi connectivity index (χ3n) is 4.10. The monoisotopic (exact) mass is 392 g/mol. The van der Waals surface area contributed by atoms with Crippen LogP contribution in [0.5, 0.6) is 0 Å². The first-order valence-electron chi connectivity index (χ1n) is 7.93. The van der Waals surface area contributed by atoms with E-state index in [1.807, 2.05) is 0 Å². The van der Waals surface area contributed by atoms with Crippen LogP contribution in [0.25, 0.3) is 0 Å². The van der Waals surface area contributed by atoms with Crippen LogP contribution in [-0.4, -0.2) is 24.5 Å². The van der Waals surface area contributed by atoms with Crippen LogP contribution in [0.3, 0.4) is 0 Å². The third-order valence-corrected chi connectivity index (χ3v) is 6.92. The number of hydrogen-bond acceptors (Lipinski definition) is 7. The maximum absolute atomic E-state index is 12.5. The van der Waals surface area contributed by atoms with Crippen molar-refractivity contribution in [1.29, 1.82) is 0 Å². The molecule has 0 aromatic carbocycles. The second-order valence-corrected chi connectivity index (χ2v) is 8.96. The molecule has 3 aromatic heterocycles. The van der Waals surface area contributed by atoms with Crippen LogP contribution in [0.1, 0.15) is 39.9 Å². The van der Waals surface area contributed by atoms with Gasteiger partial charge in [-0.2, -0.15) is 5.10 Å². The van der Waals surface area contributed by atoms with Crippen LogP contribution in [0.15, 0.2) is 39.2 Å². The second kappa shape index (κ2) is 6.29. The number of nitrogens with one attached hydrogen (secondary N) is 2. The van der Waals surface area contributed by atoms with E-state index in [-0.39, 0.29) is 21.2 Å². The van der Waals surface area contributed by atoms with Crippen LogP contribution >= 0.6 is 11.3 Å². The number of aromatic nitrogens is 2. The Balaban J connectivity index is 1.53. The fraction of sp³-hybridized carbons (Fsp3) is 0.250. The number of nitrogens with two attached hydrogens (primary N) is 1. The van der Waals surface area contributed by atoms with Crippen molar-refractivity contribution in [2.75, 3.05) is 11.1 Å². The van der Waals surface area contributed by atoms with Gasteiger partial charge in [0.15, 0.2) is 15.7 Å². The number of thiophene rings is 1. The molecule has 0 unspecified atom stereocenters. The third kappa shape index (κ3) is 3.25. The van der Waals surface area contributed by atoms with Gasteiger partial charge in [0.2, 0.25) is 0 Å². The summed E-state index contributed by atoms with van der Waals surface area (Å²) in [5, 5.41) is 11.0. The topological polar surface area (TPSA) is 131 Å². The highest BCUT2D eigenvalue weighted by atomic mass is 32.2. The Morgan fingerprint density at radius 1 is 1.46 bits per heavy atom. The van der Waals surface area contributed by atoms with E-state index in [0.29, 0.717) is 17.5 Å². The number of rotatable bonds is 6. The fourth-order valence-corrected chi connectivity index (χ4v) is 5.28. The Kier molecular flexibility index (Phi) is 4.08. The van der Waals surface area contributed by atoms with Gasteiger partial charge in [-0.3, -0.25) is 9.89 Å². The molecule has 1 amide bonds. The van der Waals surface area contributed by atoms with Gasteiger partial charge in [-0.05, 0) is 25.0 Å². The van der Waals surface area contributed by atoms with E-state index >= 15 is 0 Å². The highest BCUT2D eigenvalue weighted by Gasteiger charge is 2.28. The van der Waals surface area contributed by atoms with Crippen LogP contribution < -0.4 is 11.1 Å². The number of anilines is 2. The number of hydrogen-bond donors (Lipinski definition) is 3. The molecule has 8 nitrogen and oxygen atoms in total. The zero-order valence-electron chi connectivity index (χ0n) is 13.6. The lowest BCUT2D eigenvalue weighted by molar-refractivity contribution is 0.103. The van der Waals surface area contributed by atoms with E-state index in [9.17, 15) is 13.2 Å². The smallest absolute Gasteiger partial charge is 0.269 e. The predicted molar refractivity (Wildman–Crippen MR) is 96.8 cm³/mol. The first-order chi connectivity index (χ1) is 12.4. The summed E-state index contributed by atoms with van der Waals surface area (Å²) in [4.78, 5) is 12.5. The zero-order chi connectivity index (χ0) is 18.3. The van der Waals surface area contributed by atoms with Gasteiger partial charge in [-0.25, -0.2) is 8.42 Å². The highest BCUT2D eigenvalue weighted by Crippen LogP contribution is 2.39. The highest BCUT2D eigenvalue weighted by molar-refractivity contribution is 7.91. The number of nitrogen functional groups attached to an aromatic ring is 1. The Hall–Kier alpha value is -2.59. The number of H-pyrrole nitrogens is 1. The molecule has 1 aliphatic rings. The summed E-state index contributed by atoms with van der Waals surface area (Å²) in [5.74, 6) is 0.390. The molecule has 0 saturated heterocycles. The molecule has 1 aliphatic carbocycles. The van der Waals surface area contributed by atoms with E-state index in [4.69, 9.17) is 10.2 Å². The van der Waals surface area contributed by atoms with Gasteiger partial charge >= 0.3 is 0 Å². The number of nitrogens with zero attached hydrogens (tertiary/aromatic N) is 1. The maximum atomic E-state index is 12.5. The minimum Gasteiger partial charge on any atom is -0.468 e. The lowest BCUT2D eigenvalue weighted by Crippen LogP contribution is -2.13. The molecule has 0 aliphatic heterocycles. The standard InChI is InChI=1S/C16H16N4O4S2/c17-14-12(26(22,23)8-10-2-1-5-24-10)7-25-15(14)16(21)18-13-6-11(19-20-13)9-3-4-9/h1-2,5-7,9H,3-4,8,17H2,(H2,18,19,20,21). The van der Waals surface area contributed by atoms with Gasteiger partial charge in [-0.1, -0.05) is 0 Å². The lowest BCUT2D eigenvalue weighted by Gasteiger charge is -2.03. The molecule has 0 radical (unpaired) electrons. The van der Waals surface area contributed by atoms with Crippen molar-refractivity contribution in [2.45, 2.75) is 29.4 Å². The molecule has 3 aromatic rings. The molecular weight excluding hydrogens is 376 g/mol. The molecule has 10 heteroatoms. The van der Waals surface area contributed by atoms with Crippen LogP contribution in [-0.2, 0) is 15.6 Å². The van der Waals surface area contributed by atoms with Crippen LogP contribution in [0.2, 0.25) is 0 Å². The molecule has 0 spiro atoms. The van der Waals surface area contributed by atoms with E-state index in [1.165, 1.54) is 11.6 Å². The summed E-state index contributed by atoms with van der Waals surface area (Å²) in [6, 6.07) is 4.97. The SMILES string of the molecule is Nc1c(S(=O)(=O)Cc2ccco2)csc1C(=O)Nc1cc(C2CC2)[nH]n1. The van der Waals surface area contributed by atoms with Crippen molar-refractivity contribution >= 4 is 38.6 Å². The summed E-state index contributed by atoms with van der Waals surface area (Å²) in [6.07, 6.45) is 3.63. The zero-order valence-corrected chi connectivity index (χ0v) is 15.2. The molecule has 4 N–H and O–H groups in total. The van der Waals surface area contributed by atoms with Gasteiger partial charge in [0.1, 0.15) is 21.3 Å². The van der Waals surface area contributed by atoms with Crippen molar-refractivity contribution in [3.05, 3.63) is 46.2 Å². The lowest BCUT2D eigenvalue weighted by atomic mass is 10.3. The van der Waals surface area contributed by atoms with Gasteiger partial charge < -0.3 is 15.5 Å². The first-order valence-corrected chi connectivity index (χ1v) is 10.5. The summed E-state index contributed by atoms with van der Waals surface area (Å²) in [7, 11) is -3.71. The molecule has 0 bridgehead atoms. The summed E-state index contributed by atoms with van der Waals surface area (Å²) >= 11 is 0.984. The molecule has 4 rings (SSSR count). The Morgan fingerprint density at radius 2 is 2.27 bits per heavy atom. The maximum Gasteiger partial charge on any atom is 0.269 e. The first kappa shape index (κ1) is 16.9. The molecule has 26 heavy (non-hydrogen) atoms. The van der Waals surface area contributed by atoms with Gasteiger partial charge in [0, 0.05) is 23.1 Å². The number of carbonyl (C=O) groups is 1. The predicted octanol–water partition coefficient (Wildman–Crippen LogP) is 2.75. The second-order valence-electron chi connectivity index (χ2n) is 6.12. The molecule has 1 fully saturated rings.